The van der Waals surface area contributed by atoms with Crippen LogP contribution >= 0.6 is 0 Å². The van der Waals surface area contributed by atoms with Crippen LogP contribution in [0, 0.1) is 11.8 Å². The Bertz CT molecular complexity index is 96.9. The molecule has 1 fully saturated rings. The van der Waals surface area contributed by atoms with Gasteiger partial charge in [0.25, 0.3) is 0 Å². The zero-order valence-electron chi connectivity index (χ0n) is 7.26. The predicted molar refractivity (Wildman–Crippen MR) is 43.0 cm³/mol. The standard InChI is InChI=1S/C9H18O/c1-7(2)6-8-4-5-9(8)10-3/h7-9H,4-6H2,1-3H3/t8-,9+/m0/s1. The Kier molecular flexibility index (Phi) is 2.72. The van der Waals surface area contributed by atoms with E-state index in [1.54, 1.807) is 0 Å². The minimum Gasteiger partial charge on any atom is -0.381 e. The molecule has 0 bridgehead atoms. The van der Waals surface area contributed by atoms with Crippen molar-refractivity contribution in [2.45, 2.75) is 39.2 Å². The summed E-state index contributed by atoms with van der Waals surface area (Å²) in [4.78, 5) is 0. The van der Waals surface area contributed by atoms with Crippen LogP contribution in [0.2, 0.25) is 0 Å². The van der Waals surface area contributed by atoms with Gasteiger partial charge in [0.05, 0.1) is 6.10 Å². The summed E-state index contributed by atoms with van der Waals surface area (Å²) in [6, 6.07) is 0. The summed E-state index contributed by atoms with van der Waals surface area (Å²) < 4.78 is 5.30. The fourth-order valence-corrected chi connectivity index (χ4v) is 1.72. The average Bonchev–Trinajstić information content (AvgIpc) is 1.82. The van der Waals surface area contributed by atoms with Crippen LogP contribution in [0.4, 0.5) is 0 Å². The Balaban J connectivity index is 2.16. The van der Waals surface area contributed by atoms with E-state index < -0.39 is 0 Å². The van der Waals surface area contributed by atoms with Crippen LogP contribution in [0.5, 0.6) is 0 Å². The van der Waals surface area contributed by atoms with Crippen LogP contribution in [0.15, 0.2) is 0 Å². The smallest absolute Gasteiger partial charge is 0.0599 e. The lowest BCUT2D eigenvalue weighted by molar-refractivity contribution is -0.0244. The quantitative estimate of drug-likeness (QED) is 0.588. The van der Waals surface area contributed by atoms with Crippen LogP contribution in [0.3, 0.4) is 0 Å². The molecule has 0 aromatic rings. The lowest BCUT2D eigenvalue weighted by Gasteiger charge is -2.36. The lowest BCUT2D eigenvalue weighted by Crippen LogP contribution is -2.33. The fraction of sp³-hybridized carbons (Fsp3) is 1.00. The first kappa shape index (κ1) is 8.06. The first-order valence-corrected chi connectivity index (χ1v) is 4.26. The molecule has 10 heavy (non-hydrogen) atoms. The summed E-state index contributed by atoms with van der Waals surface area (Å²) in [5.74, 6) is 1.70. The molecule has 0 unspecified atom stereocenters. The molecule has 0 amide bonds. The molecule has 1 aliphatic carbocycles. The molecule has 0 heterocycles. The van der Waals surface area contributed by atoms with E-state index in [1.807, 2.05) is 7.11 Å². The van der Waals surface area contributed by atoms with E-state index in [0.717, 1.165) is 11.8 Å². The normalized spacial score (nSPS) is 32.4. The third kappa shape index (κ3) is 1.72. The van der Waals surface area contributed by atoms with Crippen molar-refractivity contribution >= 4 is 0 Å². The molecule has 2 atom stereocenters. The summed E-state index contributed by atoms with van der Waals surface area (Å²) in [7, 11) is 1.83. The Morgan fingerprint density at radius 2 is 2.10 bits per heavy atom. The number of methoxy groups -OCH3 is 1. The SMILES string of the molecule is CO[C@@H]1CC[C@H]1CC(C)C. The van der Waals surface area contributed by atoms with Crippen molar-refractivity contribution in [3.05, 3.63) is 0 Å². The van der Waals surface area contributed by atoms with Gasteiger partial charge < -0.3 is 4.74 Å². The topological polar surface area (TPSA) is 9.23 Å². The first-order valence-electron chi connectivity index (χ1n) is 4.26. The zero-order valence-corrected chi connectivity index (χ0v) is 7.26. The maximum Gasteiger partial charge on any atom is 0.0599 e. The molecule has 0 radical (unpaired) electrons. The van der Waals surface area contributed by atoms with Gasteiger partial charge in [0.2, 0.25) is 0 Å². The second kappa shape index (κ2) is 3.38. The lowest BCUT2D eigenvalue weighted by atomic mass is 9.77. The second-order valence-electron chi connectivity index (χ2n) is 3.74. The third-order valence-electron chi connectivity index (χ3n) is 2.42. The van der Waals surface area contributed by atoms with Crippen LogP contribution in [-0.4, -0.2) is 13.2 Å². The summed E-state index contributed by atoms with van der Waals surface area (Å²) in [5.41, 5.74) is 0. The minimum atomic E-state index is 0.586. The van der Waals surface area contributed by atoms with E-state index in [-0.39, 0.29) is 0 Å². The fourth-order valence-electron chi connectivity index (χ4n) is 1.72. The van der Waals surface area contributed by atoms with Gasteiger partial charge in [-0.1, -0.05) is 13.8 Å². The van der Waals surface area contributed by atoms with Gasteiger partial charge in [-0.05, 0) is 31.1 Å². The monoisotopic (exact) mass is 142 g/mol. The Labute approximate surface area is 63.8 Å². The van der Waals surface area contributed by atoms with Gasteiger partial charge >= 0.3 is 0 Å². The van der Waals surface area contributed by atoms with E-state index in [4.69, 9.17) is 4.74 Å². The van der Waals surface area contributed by atoms with Crippen LogP contribution in [-0.2, 0) is 4.74 Å². The van der Waals surface area contributed by atoms with Crippen molar-refractivity contribution < 1.29 is 4.74 Å². The first-order chi connectivity index (χ1) is 4.74. The molecule has 0 spiro atoms. The van der Waals surface area contributed by atoms with Gasteiger partial charge in [-0.25, -0.2) is 0 Å². The largest absolute Gasteiger partial charge is 0.381 e. The van der Waals surface area contributed by atoms with E-state index >= 15 is 0 Å². The van der Waals surface area contributed by atoms with Crippen molar-refractivity contribution in [1.29, 1.82) is 0 Å². The van der Waals surface area contributed by atoms with Crippen molar-refractivity contribution in [3.63, 3.8) is 0 Å². The molecule has 0 N–H and O–H groups in total. The van der Waals surface area contributed by atoms with Crippen molar-refractivity contribution in [1.82, 2.24) is 0 Å². The van der Waals surface area contributed by atoms with Gasteiger partial charge in [0.15, 0.2) is 0 Å². The van der Waals surface area contributed by atoms with Gasteiger partial charge in [-0.2, -0.15) is 0 Å². The summed E-state index contributed by atoms with van der Waals surface area (Å²) >= 11 is 0. The molecule has 60 valence electrons. The molecule has 0 aromatic heterocycles. The molecular weight excluding hydrogens is 124 g/mol. The van der Waals surface area contributed by atoms with Gasteiger partial charge in [-0.3, -0.25) is 0 Å². The molecule has 1 heteroatoms. The van der Waals surface area contributed by atoms with Gasteiger partial charge in [0, 0.05) is 7.11 Å². The third-order valence-corrected chi connectivity index (χ3v) is 2.42. The van der Waals surface area contributed by atoms with Crippen LogP contribution in [0.1, 0.15) is 33.1 Å². The molecule has 1 aliphatic rings. The summed E-state index contributed by atoms with van der Waals surface area (Å²) in [6.07, 6.45) is 4.60. The Morgan fingerprint density at radius 3 is 2.40 bits per heavy atom. The molecule has 0 saturated heterocycles. The molecule has 1 rings (SSSR count). The van der Waals surface area contributed by atoms with Crippen molar-refractivity contribution in [2.24, 2.45) is 11.8 Å². The Morgan fingerprint density at radius 1 is 1.40 bits per heavy atom. The Hall–Kier alpha value is -0.0400. The molecule has 1 nitrogen and oxygen atoms in total. The van der Waals surface area contributed by atoms with E-state index in [9.17, 15) is 0 Å². The highest BCUT2D eigenvalue weighted by Crippen LogP contribution is 2.34. The summed E-state index contributed by atoms with van der Waals surface area (Å²) in [6.45, 7) is 4.57. The molecular formula is C9H18O. The second-order valence-corrected chi connectivity index (χ2v) is 3.74. The number of rotatable bonds is 3. The average molecular weight is 142 g/mol. The maximum absolute atomic E-state index is 5.30. The molecule has 0 aliphatic heterocycles. The van der Waals surface area contributed by atoms with E-state index in [2.05, 4.69) is 13.8 Å². The number of hydrogen-bond donors (Lipinski definition) is 0. The minimum absolute atomic E-state index is 0.586. The van der Waals surface area contributed by atoms with Crippen molar-refractivity contribution in [2.75, 3.05) is 7.11 Å². The highest BCUT2D eigenvalue weighted by molar-refractivity contribution is 4.81. The number of ether oxygens (including phenoxy) is 1. The number of hydrogen-bond acceptors (Lipinski definition) is 1. The zero-order chi connectivity index (χ0) is 7.56. The van der Waals surface area contributed by atoms with Crippen LogP contribution in [0.25, 0.3) is 0 Å². The predicted octanol–water partition coefficient (Wildman–Crippen LogP) is 2.46. The highest BCUT2D eigenvalue weighted by Gasteiger charge is 2.30. The molecule has 1 saturated carbocycles. The van der Waals surface area contributed by atoms with Gasteiger partial charge in [0.1, 0.15) is 0 Å². The van der Waals surface area contributed by atoms with E-state index in [0.29, 0.717) is 6.10 Å². The molecule has 0 aromatic carbocycles. The maximum atomic E-state index is 5.30. The highest BCUT2D eigenvalue weighted by atomic mass is 16.5. The van der Waals surface area contributed by atoms with Crippen LogP contribution < -0.4 is 0 Å². The van der Waals surface area contributed by atoms with Gasteiger partial charge in [-0.15, -0.1) is 0 Å². The summed E-state index contributed by atoms with van der Waals surface area (Å²) in [5, 5.41) is 0. The van der Waals surface area contributed by atoms with E-state index in [1.165, 1.54) is 19.3 Å². The van der Waals surface area contributed by atoms with Crippen molar-refractivity contribution in [3.8, 4) is 0 Å².